The highest BCUT2D eigenvalue weighted by Gasteiger charge is 2.28. The maximum Gasteiger partial charge on any atom is 0.311 e. The van der Waals surface area contributed by atoms with Gasteiger partial charge in [-0.2, -0.15) is 8.78 Å². The molecule has 0 radical (unpaired) electrons. The van der Waals surface area contributed by atoms with Gasteiger partial charge in [-0.25, -0.2) is 13.2 Å². The Kier molecular flexibility index (Phi) is 7.63. The lowest BCUT2D eigenvalue weighted by molar-refractivity contribution is -0.134. The van der Waals surface area contributed by atoms with Crippen molar-refractivity contribution in [1.29, 1.82) is 0 Å². The number of azide groups is 1. The van der Waals surface area contributed by atoms with E-state index in [0.29, 0.717) is 6.42 Å². The lowest BCUT2D eigenvalue weighted by Gasteiger charge is -2.13. The lowest BCUT2D eigenvalue weighted by Crippen LogP contribution is -2.13. The molecule has 33 heavy (non-hydrogen) atoms. The molecule has 0 bridgehead atoms. The molecule has 0 fully saturated rings. The van der Waals surface area contributed by atoms with Crippen molar-refractivity contribution in [3.8, 4) is 16.9 Å². The molecule has 10 heteroatoms. The van der Waals surface area contributed by atoms with Crippen LogP contribution in [0.3, 0.4) is 0 Å². The zero-order valence-corrected chi connectivity index (χ0v) is 17.0. The fourth-order valence-corrected chi connectivity index (χ4v) is 3.29. The number of ether oxygens (including phenoxy) is 1. The van der Waals surface area contributed by atoms with E-state index in [4.69, 9.17) is 5.53 Å². The molecule has 0 heterocycles. The van der Waals surface area contributed by atoms with Crippen LogP contribution in [0.5, 0.6) is 5.75 Å². The first-order chi connectivity index (χ1) is 15.8. The van der Waals surface area contributed by atoms with E-state index in [2.05, 4.69) is 14.8 Å². The third-order valence-electron chi connectivity index (χ3n) is 4.84. The molecule has 5 nitrogen and oxygen atoms in total. The summed E-state index contributed by atoms with van der Waals surface area (Å²) >= 11 is 0. The number of aryl methyl sites for hydroxylation is 1. The summed E-state index contributed by atoms with van der Waals surface area (Å²) in [4.78, 5) is 14.8. The highest BCUT2D eigenvalue weighted by atomic mass is 19.2. The van der Waals surface area contributed by atoms with Gasteiger partial charge in [-0.3, -0.25) is 4.79 Å². The molecule has 3 aromatic rings. The van der Waals surface area contributed by atoms with E-state index in [1.807, 2.05) is 42.5 Å². The fraction of sp³-hybridized carbons (Fsp3) is 0.174. The van der Waals surface area contributed by atoms with Gasteiger partial charge >= 0.3 is 5.97 Å². The lowest BCUT2D eigenvalue weighted by atomic mass is 9.93. The Morgan fingerprint density at radius 1 is 0.818 bits per heavy atom. The molecule has 0 saturated carbocycles. The molecule has 0 spiro atoms. The van der Waals surface area contributed by atoms with Crippen LogP contribution in [0.25, 0.3) is 21.6 Å². The summed E-state index contributed by atoms with van der Waals surface area (Å²) in [7, 11) is 0. The van der Waals surface area contributed by atoms with E-state index in [1.54, 1.807) is 6.07 Å². The summed E-state index contributed by atoms with van der Waals surface area (Å²) in [5.74, 6) is -13.9. The van der Waals surface area contributed by atoms with Crippen molar-refractivity contribution in [2.75, 3.05) is 0 Å². The number of esters is 1. The van der Waals surface area contributed by atoms with Gasteiger partial charge < -0.3 is 4.74 Å². The van der Waals surface area contributed by atoms with Gasteiger partial charge in [-0.05, 0) is 40.6 Å². The van der Waals surface area contributed by atoms with Crippen molar-refractivity contribution in [2.24, 2.45) is 5.11 Å². The van der Waals surface area contributed by atoms with Gasteiger partial charge in [0.25, 0.3) is 0 Å². The third-order valence-corrected chi connectivity index (χ3v) is 4.84. The van der Waals surface area contributed by atoms with Crippen LogP contribution in [-0.4, -0.2) is 5.97 Å². The molecule has 3 aromatic carbocycles. The second-order valence-electron chi connectivity index (χ2n) is 6.93. The van der Waals surface area contributed by atoms with Gasteiger partial charge in [0.05, 0.1) is 6.54 Å². The van der Waals surface area contributed by atoms with Gasteiger partial charge in [0.1, 0.15) is 0 Å². The van der Waals surface area contributed by atoms with E-state index in [-0.39, 0.29) is 19.4 Å². The number of benzene rings is 3. The van der Waals surface area contributed by atoms with Crippen molar-refractivity contribution in [1.82, 2.24) is 0 Å². The van der Waals surface area contributed by atoms with Gasteiger partial charge in [0.2, 0.25) is 34.8 Å². The number of carbonyl (C=O) groups excluding carboxylic acids is 1. The van der Waals surface area contributed by atoms with Gasteiger partial charge in [-0.1, -0.05) is 53.6 Å². The Bertz CT molecular complexity index is 1210. The number of halogens is 5. The van der Waals surface area contributed by atoms with Crippen molar-refractivity contribution in [2.45, 2.75) is 25.8 Å². The summed E-state index contributed by atoms with van der Waals surface area (Å²) in [5, 5.41) is 3.60. The molecular formula is C23H16F5N3O2. The molecule has 0 aliphatic heterocycles. The smallest absolute Gasteiger partial charge is 0.311 e. The molecule has 170 valence electrons. The summed E-state index contributed by atoms with van der Waals surface area (Å²) in [6, 6.07) is 14.6. The number of nitrogens with zero attached hydrogens (tertiary/aromatic N) is 3. The Hall–Kier alpha value is -3.91. The van der Waals surface area contributed by atoms with E-state index >= 15 is 0 Å². The minimum absolute atomic E-state index is 0.148. The third kappa shape index (κ3) is 5.30. The number of carbonyl (C=O) groups is 1. The Morgan fingerprint density at radius 3 is 1.94 bits per heavy atom. The monoisotopic (exact) mass is 461 g/mol. The van der Waals surface area contributed by atoms with Crippen molar-refractivity contribution in [3.05, 3.63) is 99.2 Å². The zero-order valence-electron chi connectivity index (χ0n) is 17.0. The molecule has 0 aromatic heterocycles. The molecule has 0 unspecified atom stereocenters. The number of rotatable bonds is 8. The first-order valence-corrected chi connectivity index (χ1v) is 9.74. The minimum Gasteiger partial charge on any atom is -0.420 e. The summed E-state index contributed by atoms with van der Waals surface area (Å²) in [5.41, 5.74) is 11.9. The molecule has 0 amide bonds. The fourth-order valence-electron chi connectivity index (χ4n) is 3.29. The van der Waals surface area contributed by atoms with Crippen molar-refractivity contribution in [3.63, 3.8) is 0 Å². The standard InChI is InChI=1S/C23H16F5N3O2/c24-18-19(25)21(27)23(22(28)20(18)26)33-17(32)11-5-8-13-6-1-3-9-15(13)16-10-4-2-7-14(16)12-30-31-29/h1-4,6-7,9-10H,5,8,11-12H2. The van der Waals surface area contributed by atoms with Crippen LogP contribution in [0.1, 0.15) is 24.0 Å². The SMILES string of the molecule is [N-]=[N+]=NCc1ccccc1-c1ccccc1CCCC(=O)Oc1c(F)c(F)c(F)c(F)c1F. The van der Waals surface area contributed by atoms with E-state index in [0.717, 1.165) is 22.3 Å². The Balaban J connectivity index is 1.72. The van der Waals surface area contributed by atoms with Crippen LogP contribution in [0, 0.1) is 29.1 Å². The molecule has 0 atom stereocenters. The maximum atomic E-state index is 13.7. The number of hydrogen-bond donors (Lipinski definition) is 0. The predicted molar refractivity (Wildman–Crippen MR) is 110 cm³/mol. The summed E-state index contributed by atoms with van der Waals surface area (Å²) in [6.45, 7) is 0.148. The average molecular weight is 461 g/mol. The highest BCUT2D eigenvalue weighted by molar-refractivity contribution is 5.73. The quantitative estimate of drug-likeness (QED) is 0.0542. The number of hydrogen-bond acceptors (Lipinski definition) is 3. The van der Waals surface area contributed by atoms with Gasteiger partial charge in [-0.15, -0.1) is 0 Å². The van der Waals surface area contributed by atoms with E-state index in [1.165, 1.54) is 0 Å². The van der Waals surface area contributed by atoms with Crippen molar-refractivity contribution >= 4 is 5.97 Å². The Labute approximate surface area is 185 Å². The largest absolute Gasteiger partial charge is 0.420 e. The van der Waals surface area contributed by atoms with Crippen LogP contribution in [0.2, 0.25) is 0 Å². The van der Waals surface area contributed by atoms with Crippen LogP contribution < -0.4 is 4.74 Å². The first kappa shape index (κ1) is 23.7. The molecular weight excluding hydrogens is 445 g/mol. The van der Waals surface area contributed by atoms with Crippen LogP contribution in [0.15, 0.2) is 53.6 Å². The molecule has 0 aliphatic rings. The maximum absolute atomic E-state index is 13.7. The first-order valence-electron chi connectivity index (χ1n) is 9.74. The van der Waals surface area contributed by atoms with Gasteiger partial charge in [0, 0.05) is 11.3 Å². The molecule has 0 N–H and O–H groups in total. The summed E-state index contributed by atoms with van der Waals surface area (Å²) < 4.78 is 71.4. The van der Waals surface area contributed by atoms with E-state index in [9.17, 15) is 26.7 Å². The van der Waals surface area contributed by atoms with Gasteiger partial charge in [0.15, 0.2) is 0 Å². The predicted octanol–water partition coefficient (Wildman–Crippen LogP) is 6.79. The van der Waals surface area contributed by atoms with Crippen LogP contribution in [-0.2, 0) is 17.8 Å². The molecule has 0 saturated heterocycles. The highest BCUT2D eigenvalue weighted by Crippen LogP contribution is 2.31. The Morgan fingerprint density at radius 2 is 1.33 bits per heavy atom. The van der Waals surface area contributed by atoms with Crippen LogP contribution >= 0.6 is 0 Å². The normalized spacial score (nSPS) is 10.6. The zero-order chi connectivity index (χ0) is 24.0. The second-order valence-corrected chi connectivity index (χ2v) is 6.93. The molecule has 3 rings (SSSR count). The minimum atomic E-state index is -2.33. The topological polar surface area (TPSA) is 75.1 Å². The summed E-state index contributed by atoms with van der Waals surface area (Å²) in [6.07, 6.45) is 0.218. The molecule has 0 aliphatic carbocycles. The van der Waals surface area contributed by atoms with Crippen LogP contribution in [0.4, 0.5) is 22.0 Å². The second kappa shape index (κ2) is 10.6. The van der Waals surface area contributed by atoms with E-state index < -0.39 is 40.8 Å². The van der Waals surface area contributed by atoms with Crippen molar-refractivity contribution < 1.29 is 31.5 Å². The average Bonchev–Trinajstić information content (AvgIpc) is 2.83.